The van der Waals surface area contributed by atoms with Crippen molar-refractivity contribution in [3.8, 4) is 5.75 Å². The van der Waals surface area contributed by atoms with Crippen LogP contribution in [0.15, 0.2) is 66.1 Å². The monoisotopic (exact) mass is 414 g/mol. The number of rotatable bonds is 6. The fraction of sp³-hybridized carbons (Fsp3) is 0.0500. The Kier molecular flexibility index (Phi) is 6.23. The van der Waals surface area contributed by atoms with E-state index in [0.717, 1.165) is 22.3 Å². The Morgan fingerprint density at radius 3 is 2.54 bits per heavy atom. The molecule has 28 heavy (non-hydrogen) atoms. The van der Waals surface area contributed by atoms with Crippen molar-refractivity contribution in [2.24, 2.45) is 0 Å². The molecule has 0 radical (unpaired) electrons. The van der Waals surface area contributed by atoms with Crippen LogP contribution in [-0.2, 0) is 4.79 Å². The van der Waals surface area contributed by atoms with Gasteiger partial charge in [-0.3, -0.25) is 15.0 Å². The van der Waals surface area contributed by atoms with Crippen LogP contribution in [0.4, 0.5) is 4.39 Å². The van der Waals surface area contributed by atoms with Gasteiger partial charge in [0.25, 0.3) is 11.8 Å². The molecule has 1 heterocycles. The second kappa shape index (κ2) is 8.81. The van der Waals surface area contributed by atoms with Gasteiger partial charge in [0, 0.05) is 5.56 Å². The van der Waals surface area contributed by atoms with Gasteiger partial charge in [-0.15, -0.1) is 0 Å². The van der Waals surface area contributed by atoms with E-state index in [2.05, 4.69) is 12.0 Å². The van der Waals surface area contributed by atoms with Crippen LogP contribution in [0.5, 0.6) is 5.75 Å². The number of carbonyl (C=O) groups is 2. The molecule has 0 saturated carbocycles. The number of halogens is 1. The predicted octanol–water partition coefficient (Wildman–Crippen LogP) is 3.94. The van der Waals surface area contributed by atoms with Crippen molar-refractivity contribution in [3.63, 3.8) is 0 Å². The number of thioether (sulfide) groups is 1. The van der Waals surface area contributed by atoms with E-state index >= 15 is 0 Å². The third kappa shape index (κ3) is 4.65. The molecule has 8 heteroatoms. The van der Waals surface area contributed by atoms with Crippen LogP contribution in [0, 0.1) is 5.82 Å². The zero-order chi connectivity index (χ0) is 20.1. The zero-order valence-corrected chi connectivity index (χ0v) is 16.2. The number of nitrogens with one attached hydrogen (secondary N) is 1. The Hall–Kier alpha value is -2.97. The van der Waals surface area contributed by atoms with Crippen LogP contribution in [0.25, 0.3) is 6.08 Å². The van der Waals surface area contributed by atoms with Gasteiger partial charge < -0.3 is 4.74 Å². The highest BCUT2D eigenvalue weighted by molar-refractivity contribution is 8.26. The van der Waals surface area contributed by atoms with E-state index in [9.17, 15) is 14.0 Å². The summed E-state index contributed by atoms with van der Waals surface area (Å²) in [5.74, 6) is -0.749. The highest BCUT2D eigenvalue weighted by Gasteiger charge is 2.33. The van der Waals surface area contributed by atoms with E-state index < -0.39 is 17.6 Å². The lowest BCUT2D eigenvalue weighted by molar-refractivity contribution is -0.123. The first-order valence-corrected chi connectivity index (χ1v) is 9.38. The highest BCUT2D eigenvalue weighted by atomic mass is 32.2. The summed E-state index contributed by atoms with van der Waals surface area (Å²) in [5, 5.41) is 1.01. The van der Waals surface area contributed by atoms with Crippen LogP contribution in [0.3, 0.4) is 0 Å². The van der Waals surface area contributed by atoms with Crippen molar-refractivity contribution in [2.45, 2.75) is 0 Å². The first kappa shape index (κ1) is 19.8. The molecule has 1 fully saturated rings. The molecule has 0 aliphatic carbocycles. The molecule has 1 saturated heterocycles. The summed E-state index contributed by atoms with van der Waals surface area (Å²) >= 11 is 6.28. The number of hydrazine groups is 1. The van der Waals surface area contributed by atoms with Crippen molar-refractivity contribution in [1.29, 1.82) is 0 Å². The maximum Gasteiger partial charge on any atom is 0.285 e. The maximum absolute atomic E-state index is 13.0. The molecule has 1 N–H and O–H groups in total. The average molecular weight is 414 g/mol. The molecule has 0 bridgehead atoms. The minimum absolute atomic E-state index is 0.206. The van der Waals surface area contributed by atoms with Gasteiger partial charge in [-0.2, -0.15) is 5.01 Å². The van der Waals surface area contributed by atoms with Crippen LogP contribution in [0.1, 0.15) is 15.9 Å². The smallest absolute Gasteiger partial charge is 0.285 e. The fourth-order valence-corrected chi connectivity index (χ4v) is 3.48. The molecule has 2 aromatic carbocycles. The Bertz CT molecular complexity index is 956. The molecule has 0 aromatic heterocycles. The summed E-state index contributed by atoms with van der Waals surface area (Å²) in [6.07, 6.45) is 3.33. The van der Waals surface area contributed by atoms with Crippen molar-refractivity contribution in [1.82, 2.24) is 10.4 Å². The summed E-state index contributed by atoms with van der Waals surface area (Å²) in [7, 11) is 0. The number of ether oxygens (including phenoxy) is 1. The Labute approximate surface area is 170 Å². The number of benzene rings is 2. The molecular formula is C20H15FN2O3S2. The molecule has 2 amide bonds. The van der Waals surface area contributed by atoms with Crippen molar-refractivity contribution in [3.05, 3.63) is 83.0 Å². The topological polar surface area (TPSA) is 58.6 Å². The lowest BCUT2D eigenvalue weighted by Crippen LogP contribution is -2.44. The molecule has 3 rings (SSSR count). The van der Waals surface area contributed by atoms with Gasteiger partial charge in [-0.05, 0) is 60.3 Å². The van der Waals surface area contributed by atoms with Gasteiger partial charge in [0.1, 0.15) is 18.2 Å². The van der Waals surface area contributed by atoms with Crippen LogP contribution >= 0.6 is 24.0 Å². The molecule has 5 nitrogen and oxygen atoms in total. The zero-order valence-electron chi connectivity index (χ0n) is 14.6. The number of hydrogen-bond donors (Lipinski definition) is 1. The summed E-state index contributed by atoms with van der Waals surface area (Å²) in [5.41, 5.74) is 3.46. The number of carbonyl (C=O) groups excluding carboxylic acids is 2. The standard InChI is InChI=1S/C20H15FN2O3S2/c1-2-11-26-16-9-3-13(4-10-16)12-17-19(25)23(20(27)28-17)22-18(24)14-5-7-15(21)8-6-14/h2-10,12H,1,11H2,(H,22,24)/b17-12-. The van der Waals surface area contributed by atoms with E-state index in [1.165, 1.54) is 24.3 Å². The lowest BCUT2D eigenvalue weighted by atomic mass is 10.2. The largest absolute Gasteiger partial charge is 0.490 e. The summed E-state index contributed by atoms with van der Waals surface area (Å²) < 4.78 is 18.6. The van der Waals surface area contributed by atoms with Gasteiger partial charge in [0.05, 0.1) is 4.91 Å². The second-order valence-electron chi connectivity index (χ2n) is 5.63. The molecule has 0 unspecified atom stereocenters. The summed E-state index contributed by atoms with van der Waals surface area (Å²) in [6.45, 7) is 4.00. The lowest BCUT2D eigenvalue weighted by Gasteiger charge is -2.15. The van der Waals surface area contributed by atoms with Crippen LogP contribution in [-0.4, -0.2) is 27.8 Å². The Morgan fingerprint density at radius 2 is 1.89 bits per heavy atom. The Morgan fingerprint density at radius 1 is 1.21 bits per heavy atom. The normalized spacial score (nSPS) is 15.0. The highest BCUT2D eigenvalue weighted by Crippen LogP contribution is 2.31. The number of thiocarbonyl (C=S) groups is 1. The van der Waals surface area contributed by atoms with Gasteiger partial charge >= 0.3 is 0 Å². The molecule has 1 aliphatic heterocycles. The predicted molar refractivity (Wildman–Crippen MR) is 111 cm³/mol. The number of nitrogens with zero attached hydrogens (tertiary/aromatic N) is 1. The van der Waals surface area contributed by atoms with E-state index in [1.54, 1.807) is 24.3 Å². The quantitative estimate of drug-likeness (QED) is 0.441. The number of hydrogen-bond acceptors (Lipinski definition) is 5. The molecule has 142 valence electrons. The minimum atomic E-state index is -0.554. The Balaban J connectivity index is 1.70. The van der Waals surface area contributed by atoms with Crippen molar-refractivity contribution >= 4 is 46.2 Å². The van der Waals surface area contributed by atoms with E-state index in [-0.39, 0.29) is 9.88 Å². The van der Waals surface area contributed by atoms with Crippen molar-refractivity contribution in [2.75, 3.05) is 6.61 Å². The van der Waals surface area contributed by atoms with Gasteiger partial charge in [-0.1, -0.05) is 36.5 Å². The van der Waals surface area contributed by atoms with Crippen LogP contribution in [0.2, 0.25) is 0 Å². The van der Waals surface area contributed by atoms with E-state index in [4.69, 9.17) is 17.0 Å². The maximum atomic E-state index is 13.0. The van der Waals surface area contributed by atoms with Gasteiger partial charge in [0.2, 0.25) is 0 Å². The molecular weight excluding hydrogens is 399 g/mol. The fourth-order valence-electron chi connectivity index (χ4n) is 2.30. The average Bonchev–Trinajstić information content (AvgIpc) is 2.95. The molecule has 0 atom stereocenters. The third-order valence-electron chi connectivity index (χ3n) is 3.66. The van der Waals surface area contributed by atoms with E-state index in [0.29, 0.717) is 17.3 Å². The molecule has 0 spiro atoms. The van der Waals surface area contributed by atoms with Crippen LogP contribution < -0.4 is 10.2 Å². The molecule has 1 aliphatic rings. The summed E-state index contributed by atoms with van der Waals surface area (Å²) in [6, 6.07) is 12.2. The first-order valence-electron chi connectivity index (χ1n) is 8.16. The van der Waals surface area contributed by atoms with Gasteiger partial charge in [0.15, 0.2) is 4.32 Å². The first-order chi connectivity index (χ1) is 13.5. The second-order valence-corrected chi connectivity index (χ2v) is 7.31. The molecule has 2 aromatic rings. The SMILES string of the molecule is C=CCOc1ccc(/C=C2\SC(=S)N(NC(=O)c3ccc(F)cc3)C2=O)cc1. The number of amides is 2. The minimum Gasteiger partial charge on any atom is -0.490 e. The summed E-state index contributed by atoms with van der Waals surface area (Å²) in [4.78, 5) is 25.2. The van der Waals surface area contributed by atoms with E-state index in [1.807, 2.05) is 12.1 Å². The van der Waals surface area contributed by atoms with Crippen molar-refractivity contribution < 1.29 is 18.7 Å². The third-order valence-corrected chi connectivity index (χ3v) is 4.96. The van der Waals surface area contributed by atoms with Gasteiger partial charge in [-0.25, -0.2) is 4.39 Å².